The van der Waals surface area contributed by atoms with Gasteiger partial charge in [-0.2, -0.15) is 13.2 Å². The third kappa shape index (κ3) is 5.31. The molecule has 0 unspecified atom stereocenters. The molecule has 1 saturated heterocycles. The van der Waals surface area contributed by atoms with Crippen molar-refractivity contribution in [3.63, 3.8) is 0 Å². The van der Waals surface area contributed by atoms with Crippen molar-refractivity contribution < 1.29 is 27.3 Å². The Morgan fingerprint density at radius 2 is 1.78 bits per heavy atom. The Kier molecular flexibility index (Phi) is 6.46. The van der Waals surface area contributed by atoms with Crippen LogP contribution >= 0.6 is 23.4 Å². The molecular formula is C18H21BClF3O3S. The van der Waals surface area contributed by atoms with Crippen LogP contribution in [0.3, 0.4) is 0 Å². The van der Waals surface area contributed by atoms with E-state index in [0.29, 0.717) is 5.47 Å². The van der Waals surface area contributed by atoms with Crippen LogP contribution in [0.1, 0.15) is 45.7 Å². The molecule has 0 saturated carbocycles. The predicted molar refractivity (Wildman–Crippen MR) is 104 cm³/mol. The number of alkyl halides is 3. The molecule has 0 amide bonds. The third-order valence-electron chi connectivity index (χ3n) is 4.66. The number of hydrogen-bond acceptors (Lipinski definition) is 4. The number of thioether (sulfide) groups is 1. The van der Waals surface area contributed by atoms with Crippen LogP contribution in [0.4, 0.5) is 13.2 Å². The molecule has 0 aromatic heterocycles. The van der Waals surface area contributed by atoms with Crippen molar-refractivity contribution in [2.24, 2.45) is 0 Å². The summed E-state index contributed by atoms with van der Waals surface area (Å²) in [6.07, 6.45) is -3.18. The quantitative estimate of drug-likeness (QED) is 0.589. The van der Waals surface area contributed by atoms with E-state index in [0.717, 1.165) is 17.8 Å². The molecular weight excluding hydrogens is 400 g/mol. The normalized spacial score (nSPS) is 19.4. The first-order valence-corrected chi connectivity index (χ1v) is 9.65. The van der Waals surface area contributed by atoms with Crippen LogP contribution < -0.4 is 0 Å². The summed E-state index contributed by atoms with van der Waals surface area (Å²) in [5.74, 6) is 0.149. The zero-order valence-electron chi connectivity index (χ0n) is 15.7. The minimum absolute atomic E-state index is 0.0936. The van der Waals surface area contributed by atoms with E-state index in [1.54, 1.807) is 0 Å². The van der Waals surface area contributed by atoms with Gasteiger partial charge in [-0.25, -0.2) is 0 Å². The van der Waals surface area contributed by atoms with Crippen molar-refractivity contribution >= 4 is 41.7 Å². The van der Waals surface area contributed by atoms with Crippen LogP contribution in [0.5, 0.6) is 0 Å². The molecule has 0 aliphatic carbocycles. The van der Waals surface area contributed by atoms with Gasteiger partial charge in [0.05, 0.1) is 16.8 Å². The van der Waals surface area contributed by atoms with E-state index in [4.69, 9.17) is 20.9 Å². The van der Waals surface area contributed by atoms with Crippen LogP contribution in [0.2, 0.25) is 5.02 Å². The molecule has 1 heterocycles. The third-order valence-corrected chi connectivity index (χ3v) is 5.78. The second-order valence-electron chi connectivity index (χ2n) is 7.32. The summed E-state index contributed by atoms with van der Waals surface area (Å²) in [7, 11) is -0.859. The van der Waals surface area contributed by atoms with Gasteiger partial charge in [-0.3, -0.25) is 4.79 Å². The molecule has 27 heavy (non-hydrogen) atoms. The Balaban J connectivity index is 2.50. The molecule has 1 fully saturated rings. The van der Waals surface area contributed by atoms with E-state index < -0.39 is 30.1 Å². The molecule has 148 valence electrons. The van der Waals surface area contributed by atoms with Gasteiger partial charge in [-0.15, -0.1) is 0 Å². The highest BCUT2D eigenvalue weighted by Crippen LogP contribution is 2.40. The minimum atomic E-state index is -4.54. The number of hydrogen-bond donors (Lipinski definition) is 0. The predicted octanol–water partition coefficient (Wildman–Crippen LogP) is 5.65. The van der Waals surface area contributed by atoms with E-state index in [2.05, 4.69) is 0 Å². The largest absolute Gasteiger partial charge is 0.491 e. The number of benzene rings is 1. The average molecular weight is 421 g/mol. The van der Waals surface area contributed by atoms with E-state index in [1.165, 1.54) is 25.1 Å². The van der Waals surface area contributed by atoms with Crippen LogP contribution in [0.15, 0.2) is 23.7 Å². The first-order valence-electron chi connectivity index (χ1n) is 8.29. The summed E-state index contributed by atoms with van der Waals surface area (Å²) in [6.45, 7) is 8.80. The van der Waals surface area contributed by atoms with Crippen LogP contribution in [0, 0.1) is 0 Å². The summed E-state index contributed by atoms with van der Waals surface area (Å²) >= 11 is 6.89. The van der Waals surface area contributed by atoms with Crippen LogP contribution in [-0.4, -0.2) is 29.2 Å². The Hall–Kier alpha value is -0.955. The molecule has 1 aromatic carbocycles. The maximum Gasteiger partial charge on any atom is 0.491 e. The lowest BCUT2D eigenvalue weighted by molar-refractivity contribution is -0.137. The zero-order chi connectivity index (χ0) is 20.6. The van der Waals surface area contributed by atoms with Gasteiger partial charge in [0.25, 0.3) is 0 Å². The number of rotatable bonds is 4. The van der Waals surface area contributed by atoms with Gasteiger partial charge in [-0.05, 0) is 56.9 Å². The highest BCUT2D eigenvalue weighted by molar-refractivity contribution is 8.13. The van der Waals surface area contributed by atoms with Gasteiger partial charge in [-0.1, -0.05) is 29.4 Å². The average Bonchev–Trinajstić information content (AvgIpc) is 2.70. The lowest BCUT2D eigenvalue weighted by Gasteiger charge is -2.32. The second-order valence-corrected chi connectivity index (χ2v) is 8.91. The Labute approximate surface area is 166 Å². The van der Waals surface area contributed by atoms with Crippen LogP contribution in [0.25, 0.3) is 6.08 Å². The Morgan fingerprint density at radius 3 is 2.26 bits per heavy atom. The Morgan fingerprint density at radius 1 is 1.22 bits per heavy atom. The number of carbonyl (C=O) groups excluding carboxylic acids is 1. The summed E-state index contributed by atoms with van der Waals surface area (Å²) < 4.78 is 52.0. The lowest BCUT2D eigenvalue weighted by atomic mass is 9.78. The molecule has 2 rings (SSSR count). The molecule has 1 aliphatic heterocycles. The van der Waals surface area contributed by atoms with Crippen LogP contribution in [-0.2, 0) is 20.3 Å². The number of carbonyl (C=O) groups is 1. The SMILES string of the molecule is CC(=O)SCC(=Cc1cc(Cl)ccc1C(F)(F)F)B1OC(C)(C)C(C)(C)O1. The maximum absolute atomic E-state index is 13.4. The van der Waals surface area contributed by atoms with Crippen molar-refractivity contribution in [1.29, 1.82) is 0 Å². The summed E-state index contributed by atoms with van der Waals surface area (Å²) in [6, 6.07) is 3.38. The second kappa shape index (κ2) is 7.81. The van der Waals surface area contributed by atoms with Gasteiger partial charge in [0.2, 0.25) is 0 Å². The van der Waals surface area contributed by atoms with Gasteiger partial charge in [0.1, 0.15) is 0 Å². The standard InChI is InChI=1S/C18H21BClF3O3S/c1-11(24)27-10-13(19-25-16(2,3)17(4,5)26-19)8-12-9-14(20)6-7-15(12)18(21,22)23/h6-9H,10H2,1-5H3. The topological polar surface area (TPSA) is 35.5 Å². The fraction of sp³-hybridized carbons (Fsp3) is 0.500. The van der Waals surface area contributed by atoms with E-state index >= 15 is 0 Å². The fourth-order valence-electron chi connectivity index (χ4n) is 2.47. The van der Waals surface area contributed by atoms with Crippen molar-refractivity contribution in [3.8, 4) is 0 Å². The lowest BCUT2D eigenvalue weighted by Crippen LogP contribution is -2.41. The fourth-order valence-corrected chi connectivity index (χ4v) is 3.24. The van der Waals surface area contributed by atoms with E-state index in [-0.39, 0.29) is 21.5 Å². The molecule has 0 N–H and O–H groups in total. The molecule has 1 aromatic rings. The summed E-state index contributed by atoms with van der Waals surface area (Å²) in [4.78, 5) is 11.4. The zero-order valence-corrected chi connectivity index (χ0v) is 17.3. The van der Waals surface area contributed by atoms with Crippen molar-refractivity contribution in [3.05, 3.63) is 39.8 Å². The molecule has 0 bridgehead atoms. The van der Waals surface area contributed by atoms with E-state index in [9.17, 15) is 18.0 Å². The first kappa shape index (κ1) is 22.3. The molecule has 0 atom stereocenters. The highest BCUT2D eigenvalue weighted by Gasteiger charge is 2.52. The molecule has 3 nitrogen and oxygen atoms in total. The molecule has 1 aliphatic rings. The molecule has 9 heteroatoms. The van der Waals surface area contributed by atoms with E-state index in [1.807, 2.05) is 27.7 Å². The molecule has 0 spiro atoms. The Bertz CT molecular complexity index is 747. The van der Waals surface area contributed by atoms with Gasteiger partial charge < -0.3 is 9.31 Å². The summed E-state index contributed by atoms with van der Waals surface area (Å²) in [5, 5.41) is 0.0290. The minimum Gasteiger partial charge on any atom is -0.400 e. The smallest absolute Gasteiger partial charge is 0.400 e. The maximum atomic E-state index is 13.4. The number of halogens is 4. The van der Waals surface area contributed by atoms with Gasteiger partial charge >= 0.3 is 13.3 Å². The summed E-state index contributed by atoms with van der Waals surface area (Å²) in [5.41, 5.74) is -1.78. The van der Waals surface area contributed by atoms with Gasteiger partial charge in [0, 0.05) is 17.7 Å². The highest BCUT2D eigenvalue weighted by atomic mass is 35.5. The first-order chi connectivity index (χ1) is 12.2. The van der Waals surface area contributed by atoms with Crippen molar-refractivity contribution in [1.82, 2.24) is 0 Å². The molecule has 0 radical (unpaired) electrons. The monoisotopic (exact) mass is 420 g/mol. The van der Waals surface area contributed by atoms with Crippen molar-refractivity contribution in [2.75, 3.05) is 5.75 Å². The van der Waals surface area contributed by atoms with Crippen molar-refractivity contribution in [2.45, 2.75) is 52.0 Å². The van der Waals surface area contributed by atoms with Gasteiger partial charge in [0.15, 0.2) is 5.12 Å².